The molecule has 0 aliphatic rings. The number of azide groups is 1. The smallest absolute Gasteiger partial charge is 0.276 e. The lowest BCUT2D eigenvalue weighted by Crippen LogP contribution is -1.95. The van der Waals surface area contributed by atoms with E-state index in [-0.39, 0.29) is 24.4 Å². The lowest BCUT2D eigenvalue weighted by Gasteiger charge is -1.99. The first-order chi connectivity index (χ1) is 8.69. The molecule has 0 heterocycles. The first-order valence-electron chi connectivity index (χ1n) is 5.07. The Morgan fingerprint density at radius 1 is 1.56 bits per heavy atom. The molecule has 7 heteroatoms. The summed E-state index contributed by atoms with van der Waals surface area (Å²) in [5.74, 6) is 5.47. The van der Waals surface area contributed by atoms with Gasteiger partial charge >= 0.3 is 0 Å². The molecular weight excluding hydrogens is 236 g/mol. The van der Waals surface area contributed by atoms with Gasteiger partial charge in [-0.25, -0.2) is 0 Å². The van der Waals surface area contributed by atoms with E-state index in [1.165, 1.54) is 12.1 Å². The van der Waals surface area contributed by atoms with E-state index in [1.54, 1.807) is 6.07 Å². The van der Waals surface area contributed by atoms with E-state index in [4.69, 9.17) is 10.6 Å². The lowest BCUT2D eigenvalue weighted by atomic mass is 10.1. The molecule has 0 radical (unpaired) electrons. The summed E-state index contributed by atoms with van der Waals surface area (Å²) < 4.78 is 0. The van der Waals surface area contributed by atoms with Crippen LogP contribution in [0.5, 0.6) is 0 Å². The summed E-state index contributed by atoms with van der Waals surface area (Å²) >= 11 is 0. The fourth-order valence-electron chi connectivity index (χ4n) is 1.26. The number of nitro groups is 1. The molecule has 0 spiro atoms. The highest BCUT2D eigenvalue weighted by Crippen LogP contribution is 2.19. The highest BCUT2D eigenvalue weighted by Gasteiger charge is 2.12. The van der Waals surface area contributed by atoms with Gasteiger partial charge in [0.25, 0.3) is 5.69 Å². The molecule has 0 aliphatic heterocycles. The topological polar surface area (TPSA) is 112 Å². The van der Waals surface area contributed by atoms with Crippen LogP contribution in [0.25, 0.3) is 10.4 Å². The third-order valence-corrected chi connectivity index (χ3v) is 2.09. The van der Waals surface area contributed by atoms with Crippen molar-refractivity contribution in [1.82, 2.24) is 0 Å². The molecule has 0 saturated carbocycles. The molecule has 0 aromatic heterocycles. The van der Waals surface area contributed by atoms with Crippen LogP contribution in [-0.2, 0) is 6.61 Å². The molecule has 7 nitrogen and oxygen atoms in total. The van der Waals surface area contributed by atoms with Gasteiger partial charge in [0.05, 0.1) is 17.1 Å². The van der Waals surface area contributed by atoms with Crippen molar-refractivity contribution in [2.75, 3.05) is 6.54 Å². The Morgan fingerprint density at radius 3 is 2.94 bits per heavy atom. The van der Waals surface area contributed by atoms with Gasteiger partial charge in [-0.15, -0.1) is 0 Å². The Balaban J connectivity index is 2.88. The molecule has 1 N–H and O–H groups in total. The molecule has 0 atom stereocenters. The van der Waals surface area contributed by atoms with Gasteiger partial charge in [-0.05, 0) is 17.7 Å². The number of aliphatic hydroxyl groups is 1. The number of rotatable bonds is 4. The van der Waals surface area contributed by atoms with E-state index in [9.17, 15) is 10.1 Å². The van der Waals surface area contributed by atoms with E-state index < -0.39 is 4.92 Å². The Hall–Kier alpha value is -2.55. The van der Waals surface area contributed by atoms with Crippen molar-refractivity contribution in [3.63, 3.8) is 0 Å². The van der Waals surface area contributed by atoms with Crippen molar-refractivity contribution < 1.29 is 10.0 Å². The van der Waals surface area contributed by atoms with Crippen molar-refractivity contribution in [1.29, 1.82) is 0 Å². The maximum Gasteiger partial charge on any atom is 0.276 e. The average Bonchev–Trinajstić information content (AvgIpc) is 2.38. The summed E-state index contributed by atoms with van der Waals surface area (Å²) in [6.07, 6.45) is 0.389. The van der Waals surface area contributed by atoms with Crippen molar-refractivity contribution >= 4 is 5.69 Å². The zero-order chi connectivity index (χ0) is 13.4. The van der Waals surface area contributed by atoms with E-state index in [0.717, 1.165) is 0 Å². The van der Waals surface area contributed by atoms with Crippen LogP contribution in [-0.4, -0.2) is 16.6 Å². The predicted molar refractivity (Wildman–Crippen MR) is 64.5 cm³/mol. The van der Waals surface area contributed by atoms with Gasteiger partial charge in [-0.2, -0.15) is 0 Å². The fourth-order valence-corrected chi connectivity index (χ4v) is 1.26. The molecule has 0 bridgehead atoms. The number of hydrogen-bond acceptors (Lipinski definition) is 4. The van der Waals surface area contributed by atoms with Crippen LogP contribution in [0, 0.1) is 22.0 Å². The number of aliphatic hydroxyl groups excluding tert-OH is 1. The quantitative estimate of drug-likeness (QED) is 0.167. The molecule has 0 saturated heterocycles. The molecule has 92 valence electrons. The van der Waals surface area contributed by atoms with E-state index in [1.807, 2.05) is 0 Å². The summed E-state index contributed by atoms with van der Waals surface area (Å²) in [7, 11) is 0. The second kappa shape index (κ2) is 6.91. The molecule has 0 unspecified atom stereocenters. The average molecular weight is 246 g/mol. The van der Waals surface area contributed by atoms with Crippen LogP contribution in [0.2, 0.25) is 0 Å². The van der Waals surface area contributed by atoms with E-state index >= 15 is 0 Å². The Bertz CT molecular complexity index is 553. The minimum Gasteiger partial charge on any atom is -0.391 e. The first kappa shape index (κ1) is 13.5. The highest BCUT2D eigenvalue weighted by molar-refractivity contribution is 5.48. The number of hydrogen-bond donors (Lipinski definition) is 1. The number of nitrogens with zero attached hydrogens (tertiary/aromatic N) is 4. The summed E-state index contributed by atoms with van der Waals surface area (Å²) in [5.41, 5.74) is 8.63. The van der Waals surface area contributed by atoms with Gasteiger partial charge in [0.2, 0.25) is 0 Å². The molecule has 18 heavy (non-hydrogen) atoms. The van der Waals surface area contributed by atoms with Gasteiger partial charge in [0.15, 0.2) is 0 Å². The van der Waals surface area contributed by atoms with Gasteiger partial charge in [0, 0.05) is 29.5 Å². The van der Waals surface area contributed by atoms with Crippen LogP contribution in [0.4, 0.5) is 5.69 Å². The molecule has 1 aromatic carbocycles. The second-order valence-corrected chi connectivity index (χ2v) is 3.26. The second-order valence-electron chi connectivity index (χ2n) is 3.26. The maximum atomic E-state index is 10.7. The monoisotopic (exact) mass is 246 g/mol. The summed E-state index contributed by atoms with van der Waals surface area (Å²) in [6, 6.07) is 4.38. The molecule has 0 amide bonds. The molecule has 0 fully saturated rings. The molecule has 0 aliphatic carbocycles. The highest BCUT2D eigenvalue weighted by atomic mass is 16.6. The van der Waals surface area contributed by atoms with Gasteiger partial charge in [0.1, 0.15) is 0 Å². The summed E-state index contributed by atoms with van der Waals surface area (Å²) in [4.78, 5) is 12.8. The van der Waals surface area contributed by atoms with Crippen molar-refractivity contribution in [2.45, 2.75) is 13.0 Å². The molecule has 1 rings (SSSR count). The maximum absolute atomic E-state index is 10.7. The van der Waals surface area contributed by atoms with Crippen LogP contribution in [0.3, 0.4) is 0 Å². The predicted octanol–water partition coefficient (Wildman–Crippen LogP) is 2.14. The summed E-state index contributed by atoms with van der Waals surface area (Å²) in [5, 5.41) is 23.0. The Labute approximate surface area is 103 Å². The Kier molecular flexibility index (Phi) is 5.19. The third-order valence-electron chi connectivity index (χ3n) is 2.09. The van der Waals surface area contributed by atoms with Crippen molar-refractivity contribution in [2.24, 2.45) is 5.11 Å². The molecule has 1 aromatic rings. The fraction of sp³-hybridized carbons (Fsp3) is 0.273. The minimum absolute atomic E-state index is 0.153. The summed E-state index contributed by atoms with van der Waals surface area (Å²) in [6.45, 7) is -0.124. The third kappa shape index (κ3) is 3.79. The van der Waals surface area contributed by atoms with Crippen LogP contribution < -0.4 is 0 Å². The van der Waals surface area contributed by atoms with Crippen molar-refractivity contribution in [3.8, 4) is 11.8 Å². The van der Waals surface area contributed by atoms with Crippen LogP contribution >= 0.6 is 0 Å². The van der Waals surface area contributed by atoms with Gasteiger partial charge in [-0.1, -0.05) is 17.0 Å². The van der Waals surface area contributed by atoms with Crippen LogP contribution in [0.1, 0.15) is 17.5 Å². The zero-order valence-electron chi connectivity index (χ0n) is 9.41. The largest absolute Gasteiger partial charge is 0.391 e. The lowest BCUT2D eigenvalue weighted by molar-refractivity contribution is -0.385. The van der Waals surface area contributed by atoms with Gasteiger partial charge < -0.3 is 5.11 Å². The molecular formula is C11H10N4O3. The van der Waals surface area contributed by atoms with E-state index in [0.29, 0.717) is 12.0 Å². The van der Waals surface area contributed by atoms with Crippen molar-refractivity contribution in [3.05, 3.63) is 49.9 Å². The van der Waals surface area contributed by atoms with Crippen LogP contribution in [0.15, 0.2) is 23.3 Å². The SMILES string of the molecule is [N-]=[N+]=NCCC#Cc1ccc(CO)c([N+](=O)[O-])c1. The standard InChI is InChI=1S/C11H10N4O3/c12-14-13-6-2-1-3-9-4-5-10(8-16)11(7-9)15(17)18/h4-5,7,16H,2,6,8H2. The van der Waals surface area contributed by atoms with E-state index in [2.05, 4.69) is 21.9 Å². The first-order valence-corrected chi connectivity index (χ1v) is 5.07. The normalized spacial score (nSPS) is 8.94. The Morgan fingerprint density at radius 2 is 2.33 bits per heavy atom. The van der Waals surface area contributed by atoms with Gasteiger partial charge in [-0.3, -0.25) is 10.1 Å². The number of nitro benzene ring substituents is 1. The minimum atomic E-state index is -0.559. The number of benzene rings is 1. The zero-order valence-corrected chi connectivity index (χ0v) is 9.41.